The van der Waals surface area contributed by atoms with Crippen molar-refractivity contribution in [2.24, 2.45) is 0 Å². The monoisotopic (exact) mass is 382 g/mol. The Bertz CT molecular complexity index is 847. The number of carbonyl (C=O) groups excluding carboxylic acids is 2. The molecule has 23 heavy (non-hydrogen) atoms. The van der Waals surface area contributed by atoms with Crippen molar-refractivity contribution in [1.82, 2.24) is 5.32 Å². The third-order valence-electron chi connectivity index (χ3n) is 3.09. The van der Waals surface area contributed by atoms with E-state index in [0.29, 0.717) is 15.7 Å². The lowest BCUT2D eigenvalue weighted by molar-refractivity contribution is -0.122. The molecule has 1 saturated heterocycles. The second-order valence-electron chi connectivity index (χ2n) is 4.57. The Morgan fingerprint density at radius 3 is 2.61 bits per heavy atom. The van der Waals surface area contributed by atoms with Crippen LogP contribution in [-0.4, -0.2) is 16.9 Å². The zero-order chi connectivity index (χ0) is 16.6. The highest BCUT2D eigenvalue weighted by atomic mass is 35.5. The maximum absolute atomic E-state index is 12.7. The molecule has 8 heteroatoms. The zero-order valence-corrected chi connectivity index (χ0v) is 14.5. The van der Waals surface area contributed by atoms with E-state index in [1.165, 1.54) is 28.4 Å². The van der Waals surface area contributed by atoms with Gasteiger partial charge >= 0.3 is 0 Å². The number of nitrogens with zero attached hydrogens (tertiary/aromatic N) is 1. The van der Waals surface area contributed by atoms with E-state index in [2.05, 4.69) is 5.32 Å². The van der Waals surface area contributed by atoms with E-state index in [0.717, 1.165) is 4.88 Å². The minimum atomic E-state index is -0.523. The first kappa shape index (κ1) is 16.1. The van der Waals surface area contributed by atoms with E-state index in [1.807, 2.05) is 17.5 Å². The zero-order valence-electron chi connectivity index (χ0n) is 11.4. The predicted octanol–water partition coefficient (Wildman–Crippen LogP) is 3.89. The summed E-state index contributed by atoms with van der Waals surface area (Å²) in [4.78, 5) is 26.8. The summed E-state index contributed by atoms with van der Waals surface area (Å²) in [6, 6.07) is 8.35. The molecule has 1 aromatic heterocycles. The lowest BCUT2D eigenvalue weighted by Crippen LogP contribution is -2.54. The first-order chi connectivity index (χ1) is 11.0. The minimum absolute atomic E-state index is 0.00159. The Balaban J connectivity index is 2.03. The molecule has 1 aliphatic heterocycles. The number of hydrogen-bond donors (Lipinski definition) is 1. The predicted molar refractivity (Wildman–Crippen MR) is 97.0 cm³/mol. The van der Waals surface area contributed by atoms with Crippen molar-refractivity contribution in [2.75, 3.05) is 4.90 Å². The van der Waals surface area contributed by atoms with Gasteiger partial charge in [0.2, 0.25) is 0 Å². The summed E-state index contributed by atoms with van der Waals surface area (Å²) >= 11 is 18.4. The number of anilines is 1. The third-order valence-corrected chi connectivity index (χ3v) is 4.94. The molecule has 0 radical (unpaired) electrons. The summed E-state index contributed by atoms with van der Waals surface area (Å²) in [5.41, 5.74) is 0.443. The molecule has 2 aromatic rings. The fourth-order valence-corrected chi connectivity index (χ4v) is 3.26. The van der Waals surface area contributed by atoms with E-state index in [1.54, 1.807) is 12.1 Å². The van der Waals surface area contributed by atoms with Crippen LogP contribution in [-0.2, 0) is 9.59 Å². The topological polar surface area (TPSA) is 49.4 Å². The Labute approximate surface area is 151 Å². The molecule has 1 fully saturated rings. The lowest BCUT2D eigenvalue weighted by Gasteiger charge is -2.29. The van der Waals surface area contributed by atoms with Crippen LogP contribution >= 0.6 is 46.8 Å². The maximum atomic E-state index is 12.7. The van der Waals surface area contributed by atoms with Gasteiger partial charge in [0, 0.05) is 4.88 Å². The molecule has 4 nitrogen and oxygen atoms in total. The van der Waals surface area contributed by atoms with Gasteiger partial charge in [0.05, 0.1) is 15.7 Å². The molecule has 116 valence electrons. The van der Waals surface area contributed by atoms with E-state index >= 15 is 0 Å². The van der Waals surface area contributed by atoms with Crippen LogP contribution in [0.1, 0.15) is 4.88 Å². The maximum Gasteiger partial charge on any atom is 0.270 e. The van der Waals surface area contributed by atoms with Crippen LogP contribution in [0.25, 0.3) is 6.08 Å². The number of amides is 2. The minimum Gasteiger partial charge on any atom is -0.298 e. The number of nitrogens with one attached hydrogen (secondary N) is 1. The summed E-state index contributed by atoms with van der Waals surface area (Å²) in [5.74, 6) is -1.03. The Morgan fingerprint density at radius 1 is 1.17 bits per heavy atom. The van der Waals surface area contributed by atoms with E-state index in [-0.39, 0.29) is 10.7 Å². The van der Waals surface area contributed by atoms with Crippen LogP contribution in [0.5, 0.6) is 0 Å². The summed E-state index contributed by atoms with van der Waals surface area (Å²) in [6.07, 6.45) is 1.54. The number of rotatable bonds is 2. The fourth-order valence-electron chi connectivity index (χ4n) is 2.03. The summed E-state index contributed by atoms with van der Waals surface area (Å²) in [5, 5.41) is 5.03. The van der Waals surface area contributed by atoms with E-state index < -0.39 is 11.8 Å². The van der Waals surface area contributed by atoms with Crippen LogP contribution < -0.4 is 10.2 Å². The summed E-state index contributed by atoms with van der Waals surface area (Å²) < 4.78 is 0. The van der Waals surface area contributed by atoms with Gasteiger partial charge < -0.3 is 0 Å². The molecule has 0 saturated carbocycles. The van der Waals surface area contributed by atoms with Gasteiger partial charge in [0.1, 0.15) is 5.57 Å². The number of benzene rings is 1. The van der Waals surface area contributed by atoms with Gasteiger partial charge in [-0.1, -0.05) is 29.3 Å². The normalized spacial score (nSPS) is 16.9. The van der Waals surface area contributed by atoms with Gasteiger partial charge in [-0.05, 0) is 47.9 Å². The molecular weight excluding hydrogens is 375 g/mol. The van der Waals surface area contributed by atoms with Gasteiger partial charge in [-0.15, -0.1) is 11.3 Å². The standard InChI is InChI=1S/C15H8Cl2N2O2S2/c16-11-4-3-8(6-12(11)17)19-14(21)10(13(20)18-15(19)22)7-9-2-1-5-23-9/h1-7H,(H,18,20,22)/b10-7+. The fraction of sp³-hybridized carbons (Fsp3) is 0. The molecule has 3 rings (SSSR count). The smallest absolute Gasteiger partial charge is 0.270 e. The van der Waals surface area contributed by atoms with Crippen molar-refractivity contribution >= 4 is 75.4 Å². The summed E-state index contributed by atoms with van der Waals surface area (Å²) in [7, 11) is 0. The molecule has 0 unspecified atom stereocenters. The second kappa shape index (κ2) is 6.41. The molecule has 0 bridgehead atoms. The molecule has 1 aliphatic rings. The molecule has 1 N–H and O–H groups in total. The van der Waals surface area contributed by atoms with Gasteiger partial charge in [-0.2, -0.15) is 0 Å². The van der Waals surface area contributed by atoms with Gasteiger partial charge in [0.15, 0.2) is 5.11 Å². The highest BCUT2D eigenvalue weighted by Gasteiger charge is 2.34. The molecule has 0 atom stereocenters. The number of halogens is 2. The largest absolute Gasteiger partial charge is 0.298 e. The Hall–Kier alpha value is -1.73. The number of carbonyl (C=O) groups is 2. The van der Waals surface area contributed by atoms with Crippen molar-refractivity contribution < 1.29 is 9.59 Å². The average molecular weight is 383 g/mol. The van der Waals surface area contributed by atoms with Crippen molar-refractivity contribution in [3.63, 3.8) is 0 Å². The molecular formula is C15H8Cl2N2O2S2. The van der Waals surface area contributed by atoms with Crippen molar-refractivity contribution in [3.8, 4) is 0 Å². The number of hydrogen-bond acceptors (Lipinski definition) is 4. The molecule has 0 aliphatic carbocycles. The molecule has 2 amide bonds. The van der Waals surface area contributed by atoms with Crippen LogP contribution in [0.15, 0.2) is 41.3 Å². The molecule has 1 aromatic carbocycles. The van der Waals surface area contributed by atoms with E-state index in [9.17, 15) is 9.59 Å². The third kappa shape index (κ3) is 3.16. The highest BCUT2D eigenvalue weighted by Crippen LogP contribution is 2.29. The molecule has 0 spiro atoms. The Kier molecular flexibility index (Phi) is 4.50. The average Bonchev–Trinajstić information content (AvgIpc) is 3.00. The first-order valence-corrected chi connectivity index (χ1v) is 8.42. The van der Waals surface area contributed by atoms with Crippen molar-refractivity contribution in [1.29, 1.82) is 0 Å². The van der Waals surface area contributed by atoms with Gasteiger partial charge in [-0.25, -0.2) is 0 Å². The second-order valence-corrected chi connectivity index (χ2v) is 6.75. The molecule has 2 heterocycles. The van der Waals surface area contributed by atoms with Crippen LogP contribution in [0, 0.1) is 0 Å². The lowest BCUT2D eigenvalue weighted by atomic mass is 10.1. The summed E-state index contributed by atoms with van der Waals surface area (Å²) in [6.45, 7) is 0. The quantitative estimate of drug-likeness (QED) is 0.486. The number of thiophene rings is 1. The van der Waals surface area contributed by atoms with Gasteiger partial charge in [-0.3, -0.25) is 19.8 Å². The van der Waals surface area contributed by atoms with Gasteiger partial charge in [0.25, 0.3) is 11.8 Å². The highest BCUT2D eigenvalue weighted by molar-refractivity contribution is 7.80. The Morgan fingerprint density at radius 2 is 1.96 bits per heavy atom. The van der Waals surface area contributed by atoms with Crippen molar-refractivity contribution in [2.45, 2.75) is 0 Å². The van der Waals surface area contributed by atoms with E-state index in [4.69, 9.17) is 35.4 Å². The van der Waals surface area contributed by atoms with Crippen LogP contribution in [0.2, 0.25) is 10.0 Å². The SMILES string of the molecule is O=C1NC(=S)N(c2ccc(Cl)c(Cl)c2)C(=O)/C1=C/c1cccs1. The van der Waals surface area contributed by atoms with Crippen LogP contribution in [0.4, 0.5) is 5.69 Å². The first-order valence-electron chi connectivity index (χ1n) is 6.37. The van der Waals surface area contributed by atoms with Crippen LogP contribution in [0.3, 0.4) is 0 Å². The van der Waals surface area contributed by atoms with Crippen molar-refractivity contribution in [3.05, 3.63) is 56.2 Å². The number of thiocarbonyl (C=S) groups is 1.